The standard InChI is InChI=1S/C21H13NO/c1-2-7-17-15(5-1)16-6-3-4-8-18(16)20-13-14(9-10-19(17)20)21-11-12-23-22-21/h1-13H. The summed E-state index contributed by atoms with van der Waals surface area (Å²) < 4.78 is 4.99. The third-order valence-electron chi connectivity index (χ3n) is 4.48. The fourth-order valence-corrected chi connectivity index (χ4v) is 3.43. The van der Waals surface area contributed by atoms with Crippen molar-refractivity contribution >= 4 is 32.3 Å². The van der Waals surface area contributed by atoms with Gasteiger partial charge in [0.05, 0.1) is 0 Å². The van der Waals surface area contributed by atoms with Crippen molar-refractivity contribution in [1.29, 1.82) is 0 Å². The topological polar surface area (TPSA) is 26.0 Å². The van der Waals surface area contributed by atoms with Gasteiger partial charge in [0, 0.05) is 11.6 Å². The second kappa shape index (κ2) is 4.68. The van der Waals surface area contributed by atoms with Gasteiger partial charge < -0.3 is 4.52 Å². The summed E-state index contributed by atoms with van der Waals surface area (Å²) in [5, 5.41) is 11.7. The van der Waals surface area contributed by atoms with Crippen LogP contribution in [0.4, 0.5) is 0 Å². The molecule has 0 bridgehead atoms. The second-order valence-electron chi connectivity index (χ2n) is 5.74. The molecule has 108 valence electrons. The lowest BCUT2D eigenvalue weighted by atomic mass is 9.93. The highest BCUT2D eigenvalue weighted by atomic mass is 16.5. The van der Waals surface area contributed by atoms with E-state index in [2.05, 4.69) is 71.9 Å². The van der Waals surface area contributed by atoms with E-state index in [4.69, 9.17) is 4.52 Å². The number of hydrogen-bond acceptors (Lipinski definition) is 2. The van der Waals surface area contributed by atoms with Crippen LogP contribution in [0.25, 0.3) is 43.6 Å². The van der Waals surface area contributed by atoms with Crippen molar-refractivity contribution in [2.45, 2.75) is 0 Å². The van der Waals surface area contributed by atoms with Crippen LogP contribution in [0.2, 0.25) is 0 Å². The SMILES string of the molecule is c1ccc2c(c1)c1ccccc1c1cc(-c3ccon3)ccc21. The fourth-order valence-electron chi connectivity index (χ4n) is 3.43. The molecule has 0 radical (unpaired) electrons. The predicted molar refractivity (Wildman–Crippen MR) is 94.5 cm³/mol. The van der Waals surface area contributed by atoms with Crippen molar-refractivity contribution < 1.29 is 4.52 Å². The lowest BCUT2D eigenvalue weighted by molar-refractivity contribution is 0.422. The van der Waals surface area contributed by atoms with E-state index in [-0.39, 0.29) is 0 Å². The number of nitrogens with zero attached hydrogens (tertiary/aromatic N) is 1. The molecular formula is C21H13NO. The van der Waals surface area contributed by atoms with Gasteiger partial charge in [0.1, 0.15) is 12.0 Å². The minimum atomic E-state index is 0.865. The monoisotopic (exact) mass is 295 g/mol. The van der Waals surface area contributed by atoms with Crippen molar-refractivity contribution in [3.05, 3.63) is 79.1 Å². The Morgan fingerprint density at radius 1 is 0.565 bits per heavy atom. The summed E-state index contributed by atoms with van der Waals surface area (Å²) in [4.78, 5) is 0. The number of benzene rings is 4. The van der Waals surface area contributed by atoms with E-state index in [0.717, 1.165) is 11.3 Å². The molecule has 0 spiro atoms. The van der Waals surface area contributed by atoms with Gasteiger partial charge in [-0.1, -0.05) is 65.8 Å². The lowest BCUT2D eigenvalue weighted by Gasteiger charge is -2.11. The molecule has 0 saturated carbocycles. The van der Waals surface area contributed by atoms with Crippen molar-refractivity contribution in [3.8, 4) is 11.3 Å². The maximum Gasteiger partial charge on any atom is 0.124 e. The van der Waals surface area contributed by atoms with Gasteiger partial charge in [-0.3, -0.25) is 0 Å². The molecule has 0 N–H and O–H groups in total. The molecule has 5 aromatic rings. The third kappa shape index (κ3) is 1.78. The molecule has 1 heterocycles. The highest BCUT2D eigenvalue weighted by molar-refractivity contribution is 6.25. The average molecular weight is 295 g/mol. The Hall–Kier alpha value is -3.13. The summed E-state index contributed by atoms with van der Waals surface area (Å²) in [5.41, 5.74) is 1.94. The number of hydrogen-bond donors (Lipinski definition) is 0. The Morgan fingerprint density at radius 3 is 1.70 bits per heavy atom. The molecule has 1 aromatic heterocycles. The van der Waals surface area contributed by atoms with Crippen LogP contribution in [0, 0.1) is 0 Å². The predicted octanol–water partition coefficient (Wildman–Crippen LogP) is 5.80. The maximum absolute atomic E-state index is 4.99. The first-order valence-electron chi connectivity index (χ1n) is 7.66. The smallest absolute Gasteiger partial charge is 0.124 e. The maximum atomic E-state index is 4.99. The summed E-state index contributed by atoms with van der Waals surface area (Å²) in [6.07, 6.45) is 1.61. The van der Waals surface area contributed by atoms with E-state index < -0.39 is 0 Å². The van der Waals surface area contributed by atoms with E-state index in [1.165, 1.54) is 32.3 Å². The Bertz CT molecular complexity index is 1120. The molecule has 0 aliphatic rings. The van der Waals surface area contributed by atoms with Gasteiger partial charge >= 0.3 is 0 Å². The highest BCUT2D eigenvalue weighted by Crippen LogP contribution is 2.36. The molecular weight excluding hydrogens is 282 g/mol. The first-order valence-corrected chi connectivity index (χ1v) is 7.66. The summed E-state index contributed by atoms with van der Waals surface area (Å²) in [6.45, 7) is 0. The van der Waals surface area contributed by atoms with E-state index >= 15 is 0 Å². The zero-order chi connectivity index (χ0) is 15.2. The molecule has 5 rings (SSSR count). The van der Waals surface area contributed by atoms with E-state index in [1.807, 2.05) is 6.07 Å². The normalized spacial score (nSPS) is 11.5. The first kappa shape index (κ1) is 12.4. The summed E-state index contributed by atoms with van der Waals surface area (Å²) in [6, 6.07) is 25.6. The molecule has 0 aliphatic carbocycles. The van der Waals surface area contributed by atoms with Gasteiger partial charge in [0.2, 0.25) is 0 Å². The number of fused-ring (bicyclic) bond motifs is 6. The third-order valence-corrected chi connectivity index (χ3v) is 4.48. The van der Waals surface area contributed by atoms with Crippen molar-refractivity contribution in [1.82, 2.24) is 5.16 Å². The van der Waals surface area contributed by atoms with Gasteiger partial charge in [-0.05, 0) is 38.4 Å². The molecule has 0 atom stereocenters. The average Bonchev–Trinajstić information content (AvgIpc) is 3.16. The Labute approximate surface area is 132 Å². The van der Waals surface area contributed by atoms with Gasteiger partial charge in [-0.15, -0.1) is 0 Å². The summed E-state index contributed by atoms with van der Waals surface area (Å²) >= 11 is 0. The van der Waals surface area contributed by atoms with E-state index in [9.17, 15) is 0 Å². The summed E-state index contributed by atoms with van der Waals surface area (Å²) in [5.74, 6) is 0. The van der Waals surface area contributed by atoms with Gasteiger partial charge in [-0.2, -0.15) is 0 Å². The van der Waals surface area contributed by atoms with Crippen molar-refractivity contribution in [2.75, 3.05) is 0 Å². The number of aromatic nitrogens is 1. The van der Waals surface area contributed by atoms with Gasteiger partial charge in [-0.25, -0.2) is 0 Å². The molecule has 23 heavy (non-hydrogen) atoms. The Kier molecular flexibility index (Phi) is 2.53. The Balaban J connectivity index is 2.00. The summed E-state index contributed by atoms with van der Waals surface area (Å²) in [7, 11) is 0. The molecule has 4 aromatic carbocycles. The van der Waals surface area contributed by atoms with Crippen LogP contribution < -0.4 is 0 Å². The molecule has 0 amide bonds. The zero-order valence-electron chi connectivity index (χ0n) is 12.4. The molecule has 0 fully saturated rings. The molecule has 0 aliphatic heterocycles. The van der Waals surface area contributed by atoms with Crippen LogP contribution in [0.1, 0.15) is 0 Å². The minimum absolute atomic E-state index is 0.865. The molecule has 0 unspecified atom stereocenters. The lowest BCUT2D eigenvalue weighted by Crippen LogP contribution is -1.84. The van der Waals surface area contributed by atoms with E-state index in [1.54, 1.807) is 6.26 Å². The van der Waals surface area contributed by atoms with Crippen LogP contribution >= 0.6 is 0 Å². The molecule has 2 nitrogen and oxygen atoms in total. The van der Waals surface area contributed by atoms with Crippen LogP contribution in [-0.2, 0) is 0 Å². The second-order valence-corrected chi connectivity index (χ2v) is 5.74. The van der Waals surface area contributed by atoms with Gasteiger partial charge in [0.15, 0.2) is 0 Å². The quantitative estimate of drug-likeness (QED) is 0.365. The number of rotatable bonds is 1. The zero-order valence-corrected chi connectivity index (χ0v) is 12.4. The fraction of sp³-hybridized carbons (Fsp3) is 0. The van der Waals surface area contributed by atoms with Crippen LogP contribution in [0.3, 0.4) is 0 Å². The minimum Gasteiger partial charge on any atom is -0.364 e. The largest absolute Gasteiger partial charge is 0.364 e. The molecule has 2 heteroatoms. The van der Waals surface area contributed by atoms with Crippen molar-refractivity contribution in [3.63, 3.8) is 0 Å². The highest BCUT2D eigenvalue weighted by Gasteiger charge is 2.09. The van der Waals surface area contributed by atoms with Crippen LogP contribution in [-0.4, -0.2) is 5.16 Å². The van der Waals surface area contributed by atoms with Crippen LogP contribution in [0.15, 0.2) is 83.6 Å². The van der Waals surface area contributed by atoms with Crippen LogP contribution in [0.5, 0.6) is 0 Å². The molecule has 0 saturated heterocycles. The van der Waals surface area contributed by atoms with Gasteiger partial charge in [0.25, 0.3) is 0 Å². The van der Waals surface area contributed by atoms with Crippen molar-refractivity contribution in [2.24, 2.45) is 0 Å². The first-order chi connectivity index (χ1) is 11.4. The van der Waals surface area contributed by atoms with E-state index in [0.29, 0.717) is 0 Å². The Morgan fingerprint density at radius 2 is 1.13 bits per heavy atom.